The van der Waals surface area contributed by atoms with Gasteiger partial charge in [0.25, 0.3) is 0 Å². The van der Waals surface area contributed by atoms with Crippen molar-refractivity contribution in [1.29, 1.82) is 0 Å². The summed E-state index contributed by atoms with van der Waals surface area (Å²) in [6, 6.07) is 16.6. The Bertz CT molecular complexity index is 1770. The van der Waals surface area contributed by atoms with E-state index in [4.69, 9.17) is 22.1 Å². The lowest BCUT2D eigenvalue weighted by Gasteiger charge is -2.48. The fourth-order valence-electron chi connectivity index (χ4n) is 7.37. The van der Waals surface area contributed by atoms with Crippen LogP contribution in [-0.4, -0.2) is 63.3 Å². The summed E-state index contributed by atoms with van der Waals surface area (Å²) in [6.45, 7) is 1.30. The van der Waals surface area contributed by atoms with E-state index < -0.39 is 52.7 Å². The number of ether oxygens (including phenoxy) is 1. The Morgan fingerprint density at radius 2 is 1.76 bits per heavy atom. The maximum atomic E-state index is 14.0. The lowest BCUT2D eigenvalue weighted by molar-refractivity contribution is -0.167. The number of methoxy groups -OCH3 is 1. The summed E-state index contributed by atoms with van der Waals surface area (Å²) in [5.41, 5.74) is 6.60. The smallest absolute Gasteiger partial charge is 0.230 e. The first kappa shape index (κ1) is 31.7. The van der Waals surface area contributed by atoms with Crippen LogP contribution in [0.5, 0.6) is 11.5 Å². The number of aliphatic hydroxyl groups excluding tert-OH is 2. The molecule has 11 heteroatoms. The van der Waals surface area contributed by atoms with Crippen LogP contribution in [0, 0.1) is 17.8 Å². The van der Waals surface area contributed by atoms with Gasteiger partial charge in [-0.2, -0.15) is 0 Å². The number of ketones is 2. The van der Waals surface area contributed by atoms with E-state index in [-0.39, 0.29) is 36.1 Å². The molecule has 3 aromatic carbocycles. The van der Waals surface area contributed by atoms with Gasteiger partial charge in [0.05, 0.1) is 18.8 Å². The number of benzene rings is 3. The fraction of sp³-hybridized carbons (Fsp3) is 0.343. The number of Topliss-reactive ketones (excluding diaryl/α,β-unsaturated/α-hetero) is 2. The molecule has 10 nitrogen and oxygen atoms in total. The molecule has 3 aliphatic carbocycles. The lowest BCUT2D eigenvalue weighted by Crippen LogP contribution is -2.63. The number of hydrogen-bond donors (Lipinski definition) is 6. The summed E-state index contributed by atoms with van der Waals surface area (Å²) in [7, 11) is 1.55. The second-order valence-corrected chi connectivity index (χ2v) is 12.7. The van der Waals surface area contributed by atoms with Gasteiger partial charge in [-0.05, 0) is 90.7 Å². The zero-order valence-corrected chi connectivity index (χ0v) is 25.9. The van der Waals surface area contributed by atoms with Gasteiger partial charge in [0.2, 0.25) is 5.91 Å². The number of carbonyl (C=O) groups is 3. The molecule has 3 aromatic rings. The van der Waals surface area contributed by atoms with Gasteiger partial charge in [-0.1, -0.05) is 35.9 Å². The molecule has 6 rings (SSSR count). The third kappa shape index (κ3) is 5.25. The van der Waals surface area contributed by atoms with E-state index in [0.29, 0.717) is 34.0 Å². The monoisotopic (exact) mass is 646 g/mol. The lowest BCUT2D eigenvalue weighted by atomic mass is 9.57. The van der Waals surface area contributed by atoms with E-state index in [1.807, 2.05) is 42.5 Å². The Balaban J connectivity index is 1.33. The zero-order valence-electron chi connectivity index (χ0n) is 25.1. The molecular formula is C35H35ClN2O8. The van der Waals surface area contributed by atoms with Crippen LogP contribution in [0.4, 0.5) is 0 Å². The van der Waals surface area contributed by atoms with Crippen molar-refractivity contribution in [3.8, 4) is 22.6 Å². The van der Waals surface area contributed by atoms with Gasteiger partial charge in [0.1, 0.15) is 23.2 Å². The molecule has 0 saturated heterocycles. The van der Waals surface area contributed by atoms with Gasteiger partial charge in [-0.3, -0.25) is 14.4 Å². The number of aromatic hydroxyl groups is 1. The maximum Gasteiger partial charge on any atom is 0.230 e. The molecule has 7 N–H and O–H groups in total. The van der Waals surface area contributed by atoms with Gasteiger partial charge in [0.15, 0.2) is 17.2 Å². The van der Waals surface area contributed by atoms with Crippen molar-refractivity contribution in [2.75, 3.05) is 13.7 Å². The maximum absolute atomic E-state index is 14.0. The molecule has 0 bridgehead atoms. The first-order chi connectivity index (χ1) is 21.9. The van der Waals surface area contributed by atoms with Crippen molar-refractivity contribution in [3.05, 3.63) is 93.2 Å². The Morgan fingerprint density at radius 1 is 1.04 bits per heavy atom. The standard InChI is InChI=1S/C35H35ClN2O8/c1-46-27-9-4-18(16-38-11-10-17-2-5-21(36)6-3-17)12-23(27)22-7-8-25(39)29-24(22)14-19-13-20-15-26(40)30(34(37)44)33(43)35(20,45)32(42)28(19)31(29)41/h2-9,12,19-20,26,30,38-40,42,45H,10-11,13-16H2,1H3,(H2,37,44)/t19-,20+,26?,30?,35+/m1/s1. The van der Waals surface area contributed by atoms with Crippen molar-refractivity contribution >= 4 is 29.1 Å². The predicted octanol–water partition coefficient (Wildman–Crippen LogP) is 3.41. The third-order valence-corrected chi connectivity index (χ3v) is 9.91. The van der Waals surface area contributed by atoms with Gasteiger partial charge >= 0.3 is 0 Å². The summed E-state index contributed by atoms with van der Waals surface area (Å²) < 4.78 is 5.69. The summed E-state index contributed by atoms with van der Waals surface area (Å²) in [4.78, 5) is 39.2. The number of amides is 1. The Kier molecular flexibility index (Phi) is 8.41. The molecule has 240 valence electrons. The minimum atomic E-state index is -2.55. The van der Waals surface area contributed by atoms with Crippen molar-refractivity contribution < 1.29 is 39.5 Å². The van der Waals surface area contributed by atoms with Crippen molar-refractivity contribution in [2.45, 2.75) is 43.9 Å². The van der Waals surface area contributed by atoms with Gasteiger partial charge < -0.3 is 36.2 Å². The third-order valence-electron chi connectivity index (χ3n) is 9.66. The number of aliphatic hydroxyl groups is 3. The largest absolute Gasteiger partial charge is 0.508 e. The zero-order chi connectivity index (χ0) is 32.9. The fourth-order valence-corrected chi connectivity index (χ4v) is 7.50. The molecule has 46 heavy (non-hydrogen) atoms. The summed E-state index contributed by atoms with van der Waals surface area (Å²) in [6.07, 6.45) is -0.493. The minimum Gasteiger partial charge on any atom is -0.508 e. The number of allylic oxidation sites excluding steroid dienone is 1. The van der Waals surface area contributed by atoms with Crippen molar-refractivity contribution in [3.63, 3.8) is 0 Å². The van der Waals surface area contributed by atoms with E-state index in [1.54, 1.807) is 13.2 Å². The number of primary amides is 1. The van der Waals surface area contributed by atoms with E-state index in [2.05, 4.69) is 5.32 Å². The Hall–Kier alpha value is -4.22. The first-order valence-corrected chi connectivity index (χ1v) is 15.5. The summed E-state index contributed by atoms with van der Waals surface area (Å²) in [5, 5.41) is 48.5. The molecular weight excluding hydrogens is 612 g/mol. The Morgan fingerprint density at radius 3 is 2.46 bits per heavy atom. The van der Waals surface area contributed by atoms with E-state index >= 15 is 0 Å². The van der Waals surface area contributed by atoms with Crippen LogP contribution in [0.2, 0.25) is 5.02 Å². The van der Waals surface area contributed by atoms with Crippen LogP contribution in [0.25, 0.3) is 11.1 Å². The molecule has 1 saturated carbocycles. The average molecular weight is 647 g/mol. The van der Waals surface area contributed by atoms with Gasteiger partial charge in [-0.15, -0.1) is 0 Å². The average Bonchev–Trinajstić information content (AvgIpc) is 3.02. The normalized spacial score (nSPS) is 25.5. The molecule has 0 radical (unpaired) electrons. The molecule has 1 amide bonds. The highest BCUT2D eigenvalue weighted by Gasteiger charge is 2.62. The molecule has 0 aromatic heterocycles. The van der Waals surface area contributed by atoms with E-state index in [1.165, 1.54) is 6.07 Å². The van der Waals surface area contributed by atoms with E-state index in [9.17, 15) is 34.8 Å². The summed E-state index contributed by atoms with van der Waals surface area (Å²) >= 11 is 5.98. The Labute approximate surface area is 270 Å². The number of fused-ring (bicyclic) bond motifs is 3. The van der Waals surface area contributed by atoms with Gasteiger partial charge in [0, 0.05) is 28.6 Å². The second-order valence-electron chi connectivity index (χ2n) is 12.3. The van der Waals surface area contributed by atoms with Crippen molar-refractivity contribution in [2.24, 2.45) is 23.5 Å². The number of rotatable bonds is 8. The van der Waals surface area contributed by atoms with Crippen LogP contribution < -0.4 is 15.8 Å². The SMILES string of the molecule is COc1ccc(CNCCc2ccc(Cl)cc2)cc1-c1ccc(O)c2c1C[C@H]1C[C@H]3CC(O)C(C(N)=O)C(=O)[C@@]3(O)C(O)=C1C2=O. The number of nitrogens with one attached hydrogen (secondary N) is 1. The number of halogens is 1. The molecule has 3 aliphatic rings. The quantitative estimate of drug-likeness (QED) is 0.158. The topological polar surface area (TPSA) is 179 Å². The number of phenols is 1. The molecule has 0 aliphatic heterocycles. The highest BCUT2D eigenvalue weighted by atomic mass is 35.5. The molecule has 2 unspecified atom stereocenters. The second kappa shape index (κ2) is 12.2. The molecule has 0 spiro atoms. The van der Waals surface area contributed by atoms with Crippen LogP contribution >= 0.6 is 11.6 Å². The number of carbonyl (C=O) groups excluding carboxylic acids is 3. The first-order valence-electron chi connectivity index (χ1n) is 15.1. The molecule has 0 heterocycles. The van der Waals surface area contributed by atoms with Gasteiger partial charge in [-0.25, -0.2) is 0 Å². The minimum absolute atomic E-state index is 0.0411. The number of phenolic OH excluding ortho intramolecular Hbond substituents is 1. The highest BCUT2D eigenvalue weighted by Crippen LogP contribution is 2.53. The molecule has 1 fully saturated rings. The van der Waals surface area contributed by atoms with Crippen molar-refractivity contribution in [1.82, 2.24) is 5.32 Å². The van der Waals surface area contributed by atoms with Crippen LogP contribution in [0.1, 0.15) is 39.9 Å². The predicted molar refractivity (Wildman–Crippen MR) is 170 cm³/mol. The van der Waals surface area contributed by atoms with Crippen LogP contribution in [-0.2, 0) is 29.0 Å². The number of nitrogens with two attached hydrogens (primary N) is 1. The molecule has 5 atom stereocenters. The number of hydrogen-bond acceptors (Lipinski definition) is 9. The summed E-state index contributed by atoms with van der Waals surface area (Å²) in [5.74, 6) is -6.87. The van der Waals surface area contributed by atoms with Crippen LogP contribution in [0.15, 0.2) is 65.9 Å². The highest BCUT2D eigenvalue weighted by molar-refractivity contribution is 6.30. The van der Waals surface area contributed by atoms with E-state index in [0.717, 1.165) is 24.1 Å². The van der Waals surface area contributed by atoms with Crippen LogP contribution in [0.3, 0.4) is 0 Å².